The van der Waals surface area contributed by atoms with Crippen molar-refractivity contribution >= 4 is 23.2 Å². The Bertz CT molecular complexity index is 373. The zero-order valence-electron chi connectivity index (χ0n) is 7.48. The lowest BCUT2D eigenvalue weighted by atomic mass is 10.2. The SMILES string of the molecule is CC(=O)C(=O)C(=O)Nc1ccncc1. The van der Waals surface area contributed by atoms with E-state index in [1.807, 2.05) is 0 Å². The molecule has 1 aromatic heterocycles. The quantitative estimate of drug-likeness (QED) is 0.547. The zero-order chi connectivity index (χ0) is 10.6. The van der Waals surface area contributed by atoms with Gasteiger partial charge in [0.1, 0.15) is 0 Å². The number of ketones is 2. The van der Waals surface area contributed by atoms with E-state index in [-0.39, 0.29) is 0 Å². The molecule has 1 amide bonds. The van der Waals surface area contributed by atoms with Crippen molar-refractivity contribution in [2.45, 2.75) is 6.92 Å². The second-order valence-electron chi connectivity index (χ2n) is 2.58. The Balaban J connectivity index is 2.67. The summed E-state index contributed by atoms with van der Waals surface area (Å²) < 4.78 is 0. The first-order chi connectivity index (χ1) is 6.61. The van der Waals surface area contributed by atoms with Gasteiger partial charge in [-0.05, 0) is 12.1 Å². The lowest BCUT2D eigenvalue weighted by molar-refractivity contribution is -0.142. The first kappa shape index (κ1) is 10.0. The minimum atomic E-state index is -1.05. The third kappa shape index (κ3) is 2.48. The number of Topliss-reactive ketones (excluding diaryl/α,β-unsaturated/α-hetero) is 2. The molecule has 14 heavy (non-hydrogen) atoms. The lowest BCUT2D eigenvalue weighted by Gasteiger charge is -2.00. The van der Waals surface area contributed by atoms with E-state index in [0.717, 1.165) is 6.92 Å². The van der Waals surface area contributed by atoms with E-state index in [2.05, 4.69) is 10.3 Å². The summed E-state index contributed by atoms with van der Waals surface area (Å²) in [6.07, 6.45) is 2.93. The van der Waals surface area contributed by atoms with Crippen LogP contribution < -0.4 is 5.32 Å². The van der Waals surface area contributed by atoms with Crippen molar-refractivity contribution in [3.63, 3.8) is 0 Å². The Hall–Kier alpha value is -2.04. The molecule has 0 aliphatic carbocycles. The predicted octanol–water partition coefficient (Wildman–Crippen LogP) is 0.178. The van der Waals surface area contributed by atoms with Gasteiger partial charge in [-0.3, -0.25) is 19.4 Å². The Kier molecular flexibility index (Phi) is 3.06. The fourth-order valence-corrected chi connectivity index (χ4v) is 0.783. The van der Waals surface area contributed by atoms with Crippen molar-refractivity contribution in [3.05, 3.63) is 24.5 Å². The molecule has 0 bridgehead atoms. The number of carbonyl (C=O) groups is 3. The van der Waals surface area contributed by atoms with Gasteiger partial charge in [-0.1, -0.05) is 0 Å². The molecule has 0 aromatic carbocycles. The molecule has 72 valence electrons. The molecule has 0 spiro atoms. The van der Waals surface area contributed by atoms with Crippen LogP contribution in [-0.2, 0) is 14.4 Å². The number of carbonyl (C=O) groups excluding carboxylic acids is 3. The summed E-state index contributed by atoms with van der Waals surface area (Å²) in [5, 5.41) is 2.27. The summed E-state index contributed by atoms with van der Waals surface area (Å²) in [6.45, 7) is 1.05. The van der Waals surface area contributed by atoms with Crippen LogP contribution >= 0.6 is 0 Å². The van der Waals surface area contributed by atoms with Gasteiger partial charge in [0.05, 0.1) is 0 Å². The van der Waals surface area contributed by atoms with Crippen molar-refractivity contribution in [2.24, 2.45) is 0 Å². The molecule has 0 aliphatic heterocycles. The molecule has 0 saturated heterocycles. The van der Waals surface area contributed by atoms with Crippen molar-refractivity contribution in [1.82, 2.24) is 4.98 Å². The second kappa shape index (κ2) is 4.27. The Morgan fingerprint density at radius 3 is 2.29 bits per heavy atom. The number of nitrogens with one attached hydrogen (secondary N) is 1. The molecule has 0 unspecified atom stereocenters. The molecule has 0 fully saturated rings. The highest BCUT2D eigenvalue weighted by molar-refractivity contribution is 6.65. The van der Waals surface area contributed by atoms with Crippen LogP contribution in [0.4, 0.5) is 5.69 Å². The molecule has 0 atom stereocenters. The van der Waals surface area contributed by atoms with Gasteiger partial charge >= 0.3 is 0 Å². The Morgan fingerprint density at radius 2 is 1.79 bits per heavy atom. The predicted molar refractivity (Wildman–Crippen MR) is 48.6 cm³/mol. The van der Waals surface area contributed by atoms with Crippen LogP contribution in [0.1, 0.15) is 6.92 Å². The van der Waals surface area contributed by atoms with E-state index < -0.39 is 17.5 Å². The maximum atomic E-state index is 11.1. The van der Waals surface area contributed by atoms with Crippen LogP contribution in [0.15, 0.2) is 24.5 Å². The van der Waals surface area contributed by atoms with Crippen molar-refractivity contribution in [2.75, 3.05) is 5.32 Å². The van der Waals surface area contributed by atoms with Crippen LogP contribution in [0.2, 0.25) is 0 Å². The summed E-state index contributed by atoms with van der Waals surface area (Å²) >= 11 is 0. The van der Waals surface area contributed by atoms with Crippen LogP contribution in [-0.4, -0.2) is 22.5 Å². The molecule has 5 nitrogen and oxygen atoms in total. The summed E-state index contributed by atoms with van der Waals surface area (Å²) in [5.74, 6) is -2.76. The van der Waals surface area contributed by atoms with Crippen molar-refractivity contribution < 1.29 is 14.4 Å². The van der Waals surface area contributed by atoms with Gasteiger partial charge in [-0.15, -0.1) is 0 Å². The van der Waals surface area contributed by atoms with E-state index in [9.17, 15) is 14.4 Å². The maximum absolute atomic E-state index is 11.1. The zero-order valence-corrected chi connectivity index (χ0v) is 7.48. The summed E-state index contributed by atoms with van der Waals surface area (Å²) in [5.41, 5.74) is 0.430. The molecule has 1 heterocycles. The fraction of sp³-hybridized carbons (Fsp3) is 0.111. The number of hydrogen-bond acceptors (Lipinski definition) is 4. The van der Waals surface area contributed by atoms with E-state index >= 15 is 0 Å². The van der Waals surface area contributed by atoms with Crippen LogP contribution in [0.3, 0.4) is 0 Å². The summed E-state index contributed by atoms with van der Waals surface area (Å²) in [4.78, 5) is 36.2. The topological polar surface area (TPSA) is 76.1 Å². The fourth-order valence-electron chi connectivity index (χ4n) is 0.783. The van der Waals surface area contributed by atoms with Crippen LogP contribution in [0.5, 0.6) is 0 Å². The number of aromatic nitrogens is 1. The molecule has 0 saturated carbocycles. The minimum Gasteiger partial charge on any atom is -0.319 e. The first-order valence-electron chi connectivity index (χ1n) is 3.87. The molecular weight excluding hydrogens is 184 g/mol. The molecule has 1 rings (SSSR count). The number of rotatable bonds is 3. The number of amides is 1. The van der Waals surface area contributed by atoms with E-state index in [1.165, 1.54) is 24.5 Å². The van der Waals surface area contributed by atoms with Gasteiger partial charge in [-0.25, -0.2) is 0 Å². The number of nitrogens with zero attached hydrogens (tertiary/aromatic N) is 1. The summed E-state index contributed by atoms with van der Waals surface area (Å²) in [6, 6.07) is 3.04. The third-order valence-electron chi connectivity index (χ3n) is 1.46. The number of hydrogen-bond donors (Lipinski definition) is 1. The van der Waals surface area contributed by atoms with E-state index in [0.29, 0.717) is 5.69 Å². The van der Waals surface area contributed by atoms with Gasteiger partial charge in [0.15, 0.2) is 0 Å². The number of pyridine rings is 1. The molecule has 5 heteroatoms. The largest absolute Gasteiger partial charge is 0.319 e. The molecule has 1 N–H and O–H groups in total. The van der Waals surface area contributed by atoms with Crippen molar-refractivity contribution in [3.8, 4) is 0 Å². The first-order valence-corrected chi connectivity index (χ1v) is 3.87. The average molecular weight is 192 g/mol. The minimum absolute atomic E-state index is 0.430. The second-order valence-corrected chi connectivity index (χ2v) is 2.58. The molecule has 0 radical (unpaired) electrons. The molecular formula is C9H8N2O3. The normalized spacial score (nSPS) is 9.21. The molecule has 1 aromatic rings. The highest BCUT2D eigenvalue weighted by Gasteiger charge is 2.18. The highest BCUT2D eigenvalue weighted by Crippen LogP contribution is 2.02. The smallest absolute Gasteiger partial charge is 0.299 e. The molecule has 0 aliphatic rings. The number of anilines is 1. The van der Waals surface area contributed by atoms with Crippen molar-refractivity contribution in [1.29, 1.82) is 0 Å². The standard InChI is InChI=1S/C9H8N2O3/c1-6(12)8(13)9(14)11-7-2-4-10-5-3-7/h2-5H,1H3,(H,10,11,14). The Morgan fingerprint density at radius 1 is 1.21 bits per heavy atom. The van der Waals surface area contributed by atoms with Gasteiger partial charge in [-0.2, -0.15) is 0 Å². The van der Waals surface area contributed by atoms with Gasteiger partial charge in [0.2, 0.25) is 5.78 Å². The van der Waals surface area contributed by atoms with Crippen LogP contribution in [0, 0.1) is 0 Å². The average Bonchev–Trinajstić information content (AvgIpc) is 2.18. The lowest BCUT2D eigenvalue weighted by Crippen LogP contribution is -2.27. The highest BCUT2D eigenvalue weighted by atomic mass is 16.2. The van der Waals surface area contributed by atoms with E-state index in [1.54, 1.807) is 0 Å². The van der Waals surface area contributed by atoms with E-state index in [4.69, 9.17) is 0 Å². The summed E-state index contributed by atoms with van der Waals surface area (Å²) in [7, 11) is 0. The third-order valence-corrected chi connectivity index (χ3v) is 1.46. The van der Waals surface area contributed by atoms with Gasteiger partial charge in [0.25, 0.3) is 11.7 Å². The monoisotopic (exact) mass is 192 g/mol. The maximum Gasteiger partial charge on any atom is 0.299 e. The van der Waals surface area contributed by atoms with Gasteiger partial charge < -0.3 is 5.32 Å². The van der Waals surface area contributed by atoms with Gasteiger partial charge in [0, 0.05) is 25.0 Å². The Labute approximate surface area is 80.1 Å². The van der Waals surface area contributed by atoms with Crippen LogP contribution in [0.25, 0.3) is 0 Å².